The standard InChI is InChI=1S/C12H12F3NO/c1-7-4-5-16(6-7)12(17)8-2-3-9(13)11(15)10(8)14/h2-3,7H,4-6H2,1H3. The van der Waals surface area contributed by atoms with Crippen LogP contribution < -0.4 is 0 Å². The molecule has 5 heteroatoms. The zero-order chi connectivity index (χ0) is 12.6. The van der Waals surface area contributed by atoms with E-state index in [0.29, 0.717) is 19.0 Å². The Balaban J connectivity index is 2.29. The highest BCUT2D eigenvalue weighted by molar-refractivity contribution is 5.94. The molecule has 1 amide bonds. The average Bonchev–Trinajstić information content (AvgIpc) is 2.72. The SMILES string of the molecule is CC1CCN(C(=O)c2ccc(F)c(F)c2F)C1. The van der Waals surface area contributed by atoms with Crippen molar-refractivity contribution >= 4 is 5.91 Å². The molecule has 1 unspecified atom stereocenters. The molecule has 0 spiro atoms. The normalized spacial score (nSPS) is 19.8. The van der Waals surface area contributed by atoms with Crippen molar-refractivity contribution < 1.29 is 18.0 Å². The van der Waals surface area contributed by atoms with Crippen molar-refractivity contribution in [1.82, 2.24) is 4.90 Å². The summed E-state index contributed by atoms with van der Waals surface area (Å²) in [5.74, 6) is -4.51. The number of hydrogen-bond acceptors (Lipinski definition) is 1. The van der Waals surface area contributed by atoms with E-state index in [4.69, 9.17) is 0 Å². The maximum Gasteiger partial charge on any atom is 0.256 e. The summed E-state index contributed by atoms with van der Waals surface area (Å²) in [5, 5.41) is 0. The molecule has 1 aromatic rings. The molecule has 2 rings (SSSR count). The van der Waals surface area contributed by atoms with Crippen LogP contribution in [0.15, 0.2) is 12.1 Å². The largest absolute Gasteiger partial charge is 0.338 e. The number of hydrogen-bond donors (Lipinski definition) is 0. The highest BCUT2D eigenvalue weighted by Crippen LogP contribution is 2.21. The number of nitrogens with zero attached hydrogens (tertiary/aromatic N) is 1. The molecule has 1 aliphatic rings. The fourth-order valence-electron chi connectivity index (χ4n) is 1.98. The highest BCUT2D eigenvalue weighted by atomic mass is 19.2. The first kappa shape index (κ1) is 12.0. The highest BCUT2D eigenvalue weighted by Gasteiger charge is 2.27. The van der Waals surface area contributed by atoms with E-state index in [1.807, 2.05) is 6.92 Å². The molecule has 1 heterocycles. The molecule has 92 valence electrons. The van der Waals surface area contributed by atoms with Crippen LogP contribution in [-0.2, 0) is 0 Å². The van der Waals surface area contributed by atoms with Gasteiger partial charge in [-0.05, 0) is 24.5 Å². The van der Waals surface area contributed by atoms with Gasteiger partial charge in [-0.15, -0.1) is 0 Å². The maximum atomic E-state index is 13.4. The second kappa shape index (κ2) is 4.39. The van der Waals surface area contributed by atoms with Crippen molar-refractivity contribution in [3.63, 3.8) is 0 Å². The Labute approximate surface area is 97.0 Å². The number of benzene rings is 1. The summed E-state index contributed by atoms with van der Waals surface area (Å²) in [6.07, 6.45) is 0.844. The van der Waals surface area contributed by atoms with Gasteiger partial charge in [0.15, 0.2) is 17.5 Å². The minimum Gasteiger partial charge on any atom is -0.338 e. The lowest BCUT2D eigenvalue weighted by molar-refractivity contribution is 0.0782. The first-order valence-electron chi connectivity index (χ1n) is 5.43. The molecule has 1 aromatic carbocycles. The molecule has 0 N–H and O–H groups in total. The summed E-state index contributed by atoms with van der Waals surface area (Å²) in [6, 6.07) is 1.75. The zero-order valence-electron chi connectivity index (χ0n) is 9.34. The third-order valence-electron chi connectivity index (χ3n) is 2.98. The van der Waals surface area contributed by atoms with Crippen LogP contribution >= 0.6 is 0 Å². The van der Waals surface area contributed by atoms with Crippen LogP contribution in [0, 0.1) is 23.4 Å². The number of halogens is 3. The Morgan fingerprint density at radius 3 is 2.59 bits per heavy atom. The smallest absolute Gasteiger partial charge is 0.256 e. The van der Waals surface area contributed by atoms with E-state index in [9.17, 15) is 18.0 Å². The lowest BCUT2D eigenvalue weighted by Crippen LogP contribution is -2.29. The van der Waals surface area contributed by atoms with Gasteiger partial charge in [0, 0.05) is 13.1 Å². The fraction of sp³-hybridized carbons (Fsp3) is 0.417. The molecule has 0 saturated carbocycles. The molecule has 1 atom stereocenters. The molecular weight excluding hydrogens is 231 g/mol. The van der Waals surface area contributed by atoms with Gasteiger partial charge >= 0.3 is 0 Å². The summed E-state index contributed by atoms with van der Waals surface area (Å²) in [6.45, 7) is 3.03. The van der Waals surface area contributed by atoms with E-state index < -0.39 is 28.9 Å². The summed E-state index contributed by atoms with van der Waals surface area (Å²) >= 11 is 0. The molecule has 0 aliphatic carbocycles. The summed E-state index contributed by atoms with van der Waals surface area (Å²) in [7, 11) is 0. The zero-order valence-corrected chi connectivity index (χ0v) is 9.34. The van der Waals surface area contributed by atoms with Gasteiger partial charge in [-0.2, -0.15) is 0 Å². The fourth-order valence-corrected chi connectivity index (χ4v) is 1.98. The maximum absolute atomic E-state index is 13.4. The number of rotatable bonds is 1. The minimum absolute atomic E-state index is 0.354. The Kier molecular flexibility index (Phi) is 3.09. The molecule has 17 heavy (non-hydrogen) atoms. The van der Waals surface area contributed by atoms with E-state index in [1.165, 1.54) is 4.90 Å². The van der Waals surface area contributed by atoms with Gasteiger partial charge in [0.2, 0.25) is 0 Å². The Morgan fingerprint density at radius 2 is 2.00 bits per heavy atom. The van der Waals surface area contributed by atoms with Crippen molar-refractivity contribution in [3.05, 3.63) is 35.1 Å². The van der Waals surface area contributed by atoms with Crippen LogP contribution in [0.5, 0.6) is 0 Å². The van der Waals surface area contributed by atoms with Gasteiger partial charge in [-0.3, -0.25) is 4.79 Å². The molecule has 0 bridgehead atoms. The first-order chi connectivity index (χ1) is 8.00. The van der Waals surface area contributed by atoms with E-state index in [-0.39, 0.29) is 0 Å². The van der Waals surface area contributed by atoms with Crippen molar-refractivity contribution in [2.45, 2.75) is 13.3 Å². The minimum atomic E-state index is -1.59. The molecular formula is C12H12F3NO. The van der Waals surface area contributed by atoms with Gasteiger partial charge in [-0.25, -0.2) is 13.2 Å². The van der Waals surface area contributed by atoms with Gasteiger partial charge < -0.3 is 4.90 Å². The molecule has 1 aliphatic heterocycles. The third-order valence-corrected chi connectivity index (χ3v) is 2.98. The Hall–Kier alpha value is -1.52. The van der Waals surface area contributed by atoms with Gasteiger partial charge in [0.1, 0.15) is 0 Å². The van der Waals surface area contributed by atoms with Crippen LogP contribution in [-0.4, -0.2) is 23.9 Å². The van der Waals surface area contributed by atoms with Crippen LogP contribution in [0.4, 0.5) is 13.2 Å². The number of likely N-dealkylation sites (tertiary alicyclic amines) is 1. The topological polar surface area (TPSA) is 20.3 Å². The second-order valence-corrected chi connectivity index (χ2v) is 4.37. The van der Waals surface area contributed by atoms with Gasteiger partial charge in [0.25, 0.3) is 5.91 Å². The molecule has 0 aromatic heterocycles. The predicted octanol–water partition coefficient (Wildman–Crippen LogP) is 2.59. The number of amides is 1. The van der Waals surface area contributed by atoms with Crippen molar-refractivity contribution in [2.75, 3.05) is 13.1 Å². The van der Waals surface area contributed by atoms with E-state index in [1.54, 1.807) is 0 Å². The van der Waals surface area contributed by atoms with Crippen LogP contribution in [0.1, 0.15) is 23.7 Å². The van der Waals surface area contributed by atoms with Gasteiger partial charge in [-0.1, -0.05) is 6.92 Å². The van der Waals surface area contributed by atoms with Crippen molar-refractivity contribution in [1.29, 1.82) is 0 Å². The summed E-state index contributed by atoms with van der Waals surface area (Å²) in [5.41, 5.74) is -0.405. The van der Waals surface area contributed by atoms with E-state index in [0.717, 1.165) is 18.6 Å². The third kappa shape index (κ3) is 2.14. The lowest BCUT2D eigenvalue weighted by atomic mass is 10.1. The molecule has 2 nitrogen and oxygen atoms in total. The number of carbonyl (C=O) groups excluding carboxylic acids is 1. The van der Waals surface area contributed by atoms with E-state index >= 15 is 0 Å². The van der Waals surface area contributed by atoms with Crippen LogP contribution in [0.3, 0.4) is 0 Å². The van der Waals surface area contributed by atoms with E-state index in [2.05, 4.69) is 0 Å². The number of carbonyl (C=O) groups is 1. The molecule has 0 radical (unpaired) electrons. The molecule has 1 fully saturated rings. The van der Waals surface area contributed by atoms with Crippen molar-refractivity contribution in [3.8, 4) is 0 Å². The average molecular weight is 243 g/mol. The first-order valence-corrected chi connectivity index (χ1v) is 5.43. The van der Waals surface area contributed by atoms with Gasteiger partial charge in [0.05, 0.1) is 5.56 Å². The van der Waals surface area contributed by atoms with Crippen LogP contribution in [0.25, 0.3) is 0 Å². The Morgan fingerprint density at radius 1 is 1.29 bits per heavy atom. The lowest BCUT2D eigenvalue weighted by Gasteiger charge is -2.16. The predicted molar refractivity (Wildman–Crippen MR) is 56.0 cm³/mol. The Bertz CT molecular complexity index is 461. The van der Waals surface area contributed by atoms with Crippen molar-refractivity contribution in [2.24, 2.45) is 5.92 Å². The summed E-state index contributed by atoms with van der Waals surface area (Å²) in [4.78, 5) is 13.3. The monoisotopic (exact) mass is 243 g/mol. The quantitative estimate of drug-likeness (QED) is 0.694. The summed E-state index contributed by atoms with van der Waals surface area (Å²) < 4.78 is 39.1. The second-order valence-electron chi connectivity index (χ2n) is 4.37. The molecule has 1 saturated heterocycles. The van der Waals surface area contributed by atoms with Crippen LogP contribution in [0.2, 0.25) is 0 Å².